The highest BCUT2D eigenvalue weighted by Crippen LogP contribution is 2.29. The predicted octanol–water partition coefficient (Wildman–Crippen LogP) is 6.17. The van der Waals surface area contributed by atoms with Crippen molar-refractivity contribution in [1.29, 1.82) is 0 Å². The van der Waals surface area contributed by atoms with Crippen LogP contribution in [0.1, 0.15) is 48.9 Å². The van der Waals surface area contributed by atoms with Gasteiger partial charge in [0, 0.05) is 30.1 Å². The fourth-order valence-corrected chi connectivity index (χ4v) is 5.64. The molecule has 2 amide bonds. The van der Waals surface area contributed by atoms with Gasteiger partial charge in [-0.25, -0.2) is 0 Å². The number of amides is 2. The number of carbonyl (C=O) groups excluding carboxylic acids is 2. The molecule has 0 spiro atoms. The lowest BCUT2D eigenvalue weighted by molar-refractivity contribution is -0.116. The molecule has 1 fully saturated rings. The first-order chi connectivity index (χ1) is 18.1. The van der Waals surface area contributed by atoms with E-state index in [1.165, 1.54) is 17.8 Å². The third-order valence-electron chi connectivity index (χ3n) is 6.84. The fraction of sp³-hybridized carbons (Fsp3) is 0.310. The van der Waals surface area contributed by atoms with Crippen molar-refractivity contribution < 1.29 is 14.3 Å². The minimum absolute atomic E-state index is 0.0123. The Morgan fingerprint density at radius 1 is 0.973 bits per heavy atom. The van der Waals surface area contributed by atoms with Gasteiger partial charge in [0.25, 0.3) is 5.91 Å². The van der Waals surface area contributed by atoms with Gasteiger partial charge < -0.3 is 15.0 Å². The quantitative estimate of drug-likeness (QED) is 0.304. The number of hydrogen-bond acceptors (Lipinski definition) is 6. The van der Waals surface area contributed by atoms with Crippen LogP contribution >= 0.6 is 11.3 Å². The average molecular weight is 515 g/mol. The smallest absolute Gasteiger partial charge is 0.254 e. The number of ether oxygens (including phenoxy) is 1. The molecule has 1 saturated carbocycles. The highest BCUT2D eigenvalue weighted by Gasteiger charge is 2.27. The molecule has 7 nitrogen and oxygen atoms in total. The number of nitrogens with one attached hydrogen (secondary N) is 1. The third kappa shape index (κ3) is 5.97. The van der Waals surface area contributed by atoms with Gasteiger partial charge >= 0.3 is 0 Å². The summed E-state index contributed by atoms with van der Waals surface area (Å²) in [5.41, 5.74) is 1.54. The SMILES string of the molecule is COc1cccc(-c2nnc(NC(=O)CCN(C(=O)c3ccc4ccccc4c3)C3CCCCC3)s2)c1. The number of rotatable bonds is 8. The molecule has 1 aromatic heterocycles. The topological polar surface area (TPSA) is 84.4 Å². The van der Waals surface area contributed by atoms with Crippen molar-refractivity contribution in [2.75, 3.05) is 19.0 Å². The summed E-state index contributed by atoms with van der Waals surface area (Å²) >= 11 is 1.31. The second kappa shape index (κ2) is 11.5. The molecule has 0 radical (unpaired) electrons. The Morgan fingerprint density at radius 2 is 1.78 bits per heavy atom. The Morgan fingerprint density at radius 3 is 2.59 bits per heavy atom. The van der Waals surface area contributed by atoms with Crippen LogP contribution < -0.4 is 10.1 Å². The van der Waals surface area contributed by atoms with E-state index in [4.69, 9.17) is 4.74 Å². The van der Waals surface area contributed by atoms with Crippen LogP contribution in [0.4, 0.5) is 5.13 Å². The van der Waals surface area contributed by atoms with E-state index in [1.807, 2.05) is 71.6 Å². The van der Waals surface area contributed by atoms with Gasteiger partial charge in [-0.2, -0.15) is 0 Å². The Balaban J connectivity index is 1.26. The summed E-state index contributed by atoms with van der Waals surface area (Å²) in [6.07, 6.45) is 5.56. The van der Waals surface area contributed by atoms with Crippen LogP contribution in [-0.2, 0) is 4.79 Å². The molecule has 37 heavy (non-hydrogen) atoms. The molecule has 0 aliphatic heterocycles. The zero-order valence-corrected chi connectivity index (χ0v) is 21.7. The number of benzene rings is 3. The van der Waals surface area contributed by atoms with Gasteiger partial charge in [0.15, 0.2) is 0 Å². The summed E-state index contributed by atoms with van der Waals surface area (Å²) in [6.45, 7) is 0.365. The lowest BCUT2D eigenvalue weighted by Crippen LogP contribution is -2.43. The van der Waals surface area contributed by atoms with Gasteiger partial charge in [0.05, 0.1) is 7.11 Å². The van der Waals surface area contributed by atoms with E-state index in [1.54, 1.807) is 7.11 Å². The van der Waals surface area contributed by atoms with Crippen molar-refractivity contribution in [1.82, 2.24) is 15.1 Å². The molecule has 1 heterocycles. The van der Waals surface area contributed by atoms with Gasteiger partial charge in [-0.05, 0) is 47.9 Å². The van der Waals surface area contributed by atoms with Crippen molar-refractivity contribution in [3.63, 3.8) is 0 Å². The predicted molar refractivity (Wildman–Crippen MR) is 147 cm³/mol. The number of fused-ring (bicyclic) bond motifs is 1. The van der Waals surface area contributed by atoms with Crippen molar-refractivity contribution in [3.05, 3.63) is 72.3 Å². The van der Waals surface area contributed by atoms with E-state index in [0.717, 1.165) is 47.8 Å². The molecule has 0 bridgehead atoms. The minimum atomic E-state index is -0.180. The average Bonchev–Trinajstić information content (AvgIpc) is 3.41. The Hall–Kier alpha value is -3.78. The molecule has 0 saturated heterocycles. The van der Waals surface area contributed by atoms with Crippen molar-refractivity contribution in [2.45, 2.75) is 44.6 Å². The zero-order valence-electron chi connectivity index (χ0n) is 20.9. The van der Waals surface area contributed by atoms with E-state index in [-0.39, 0.29) is 24.3 Å². The largest absolute Gasteiger partial charge is 0.497 e. The monoisotopic (exact) mass is 514 g/mol. The van der Waals surface area contributed by atoms with Gasteiger partial charge in [0.1, 0.15) is 10.8 Å². The molecule has 1 N–H and O–H groups in total. The molecule has 1 aliphatic rings. The molecule has 1 aliphatic carbocycles. The lowest BCUT2D eigenvalue weighted by Gasteiger charge is -2.34. The van der Waals surface area contributed by atoms with Gasteiger partial charge in [-0.15, -0.1) is 10.2 Å². The summed E-state index contributed by atoms with van der Waals surface area (Å²) in [7, 11) is 1.62. The van der Waals surface area contributed by atoms with E-state index in [2.05, 4.69) is 15.5 Å². The normalized spacial score (nSPS) is 13.9. The fourth-order valence-electron chi connectivity index (χ4n) is 4.88. The van der Waals surface area contributed by atoms with Crippen LogP contribution in [0.15, 0.2) is 66.7 Å². The first kappa shape index (κ1) is 24.9. The Bertz CT molecular complexity index is 1400. The number of methoxy groups -OCH3 is 1. The summed E-state index contributed by atoms with van der Waals surface area (Å²) in [4.78, 5) is 28.4. The van der Waals surface area contributed by atoms with Crippen LogP contribution in [0.5, 0.6) is 5.75 Å². The molecule has 3 aromatic carbocycles. The third-order valence-corrected chi connectivity index (χ3v) is 7.73. The second-order valence-electron chi connectivity index (χ2n) is 9.29. The lowest BCUT2D eigenvalue weighted by atomic mass is 9.93. The highest BCUT2D eigenvalue weighted by atomic mass is 32.1. The second-order valence-corrected chi connectivity index (χ2v) is 10.3. The van der Waals surface area contributed by atoms with Gasteiger partial charge in [0.2, 0.25) is 11.0 Å². The molecule has 0 unspecified atom stereocenters. The van der Waals surface area contributed by atoms with Crippen molar-refractivity contribution in [2.24, 2.45) is 0 Å². The molecule has 0 atom stereocenters. The maximum atomic E-state index is 13.6. The molecular formula is C29H30N4O3S. The number of hydrogen-bond donors (Lipinski definition) is 1. The van der Waals surface area contributed by atoms with Gasteiger partial charge in [-0.3, -0.25) is 9.59 Å². The van der Waals surface area contributed by atoms with Crippen LogP contribution in [0.3, 0.4) is 0 Å². The summed E-state index contributed by atoms with van der Waals surface area (Å²) in [5.74, 6) is 0.541. The number of anilines is 1. The summed E-state index contributed by atoms with van der Waals surface area (Å²) in [5, 5.41) is 14.5. The molecule has 8 heteroatoms. The molecule has 190 valence electrons. The maximum Gasteiger partial charge on any atom is 0.254 e. The molecular weight excluding hydrogens is 484 g/mol. The van der Waals surface area contributed by atoms with Gasteiger partial charge in [-0.1, -0.05) is 73.1 Å². The molecule has 5 rings (SSSR count). The van der Waals surface area contributed by atoms with E-state index >= 15 is 0 Å². The van der Waals surface area contributed by atoms with E-state index in [0.29, 0.717) is 22.2 Å². The maximum absolute atomic E-state index is 13.6. The van der Waals surface area contributed by atoms with Crippen LogP contribution in [0, 0.1) is 0 Å². The first-order valence-corrected chi connectivity index (χ1v) is 13.5. The van der Waals surface area contributed by atoms with Crippen LogP contribution in [0.25, 0.3) is 21.3 Å². The number of aromatic nitrogens is 2. The summed E-state index contributed by atoms with van der Waals surface area (Å²) < 4.78 is 5.28. The minimum Gasteiger partial charge on any atom is -0.497 e. The first-order valence-electron chi connectivity index (χ1n) is 12.7. The standard InChI is InChI=1S/C29H30N4O3S/c1-36-25-13-7-10-22(19-25)27-31-32-29(37-27)30-26(34)16-17-33(24-11-3-2-4-12-24)28(35)23-15-14-20-8-5-6-9-21(20)18-23/h5-10,13-15,18-19,24H,2-4,11-12,16-17H2,1H3,(H,30,32,34). The van der Waals surface area contributed by atoms with Crippen LogP contribution in [-0.4, -0.2) is 46.6 Å². The Kier molecular flexibility index (Phi) is 7.75. The Labute approximate surface area is 220 Å². The zero-order chi connectivity index (χ0) is 25.6. The highest BCUT2D eigenvalue weighted by molar-refractivity contribution is 7.18. The number of nitrogens with zero attached hydrogens (tertiary/aromatic N) is 3. The van der Waals surface area contributed by atoms with E-state index in [9.17, 15) is 9.59 Å². The van der Waals surface area contributed by atoms with Crippen LogP contribution in [0.2, 0.25) is 0 Å². The van der Waals surface area contributed by atoms with Crippen molar-refractivity contribution in [3.8, 4) is 16.3 Å². The van der Waals surface area contributed by atoms with Crippen molar-refractivity contribution >= 4 is 39.1 Å². The number of carbonyl (C=O) groups is 2. The summed E-state index contributed by atoms with van der Waals surface area (Å²) in [6, 6.07) is 21.6. The molecule has 4 aromatic rings. The van der Waals surface area contributed by atoms with E-state index < -0.39 is 0 Å².